The van der Waals surface area contributed by atoms with Crippen molar-refractivity contribution < 1.29 is 13.2 Å². The number of anilines is 2. The van der Waals surface area contributed by atoms with Gasteiger partial charge in [-0.3, -0.25) is 14.0 Å². The van der Waals surface area contributed by atoms with Crippen LogP contribution in [0.5, 0.6) is 0 Å². The van der Waals surface area contributed by atoms with Gasteiger partial charge < -0.3 is 5.32 Å². The molecule has 0 bridgehead atoms. The number of sulfonamides is 1. The number of para-hydroxylation sites is 2. The summed E-state index contributed by atoms with van der Waals surface area (Å²) in [5.74, 6) is -0.0698. The summed E-state index contributed by atoms with van der Waals surface area (Å²) in [4.78, 5) is 19.2. The van der Waals surface area contributed by atoms with Crippen LogP contribution in [0.2, 0.25) is 0 Å². The highest BCUT2D eigenvalue weighted by Crippen LogP contribution is 2.47. The maximum Gasteiger partial charge on any atom is 0.240 e. The van der Waals surface area contributed by atoms with E-state index in [1.807, 2.05) is 42.5 Å². The van der Waals surface area contributed by atoms with Crippen LogP contribution in [0.4, 0.5) is 10.8 Å². The molecule has 0 aliphatic carbocycles. The number of aromatic nitrogens is 1. The highest BCUT2D eigenvalue weighted by atomic mass is 32.2. The van der Waals surface area contributed by atoms with Crippen molar-refractivity contribution in [3.8, 4) is 0 Å². The second-order valence-corrected chi connectivity index (χ2v) is 11.3. The van der Waals surface area contributed by atoms with Gasteiger partial charge in [-0.1, -0.05) is 41.7 Å². The molecule has 1 aromatic heterocycles. The molecule has 3 heterocycles. The van der Waals surface area contributed by atoms with E-state index >= 15 is 0 Å². The zero-order chi connectivity index (χ0) is 21.6. The topological polar surface area (TPSA) is 82.6 Å². The van der Waals surface area contributed by atoms with Crippen molar-refractivity contribution in [2.45, 2.75) is 18.3 Å². The Labute approximate surface area is 185 Å². The van der Waals surface area contributed by atoms with Gasteiger partial charge in [0.25, 0.3) is 0 Å². The number of thiazole rings is 1. The zero-order valence-electron chi connectivity index (χ0n) is 17.2. The Kier molecular flexibility index (Phi) is 4.99. The van der Waals surface area contributed by atoms with Crippen LogP contribution in [0.1, 0.15) is 18.4 Å². The Morgan fingerprint density at radius 2 is 1.84 bits per heavy atom. The molecule has 0 unspecified atom stereocenters. The van der Waals surface area contributed by atoms with E-state index in [9.17, 15) is 13.2 Å². The fraction of sp³-hybridized carbons (Fsp3) is 0.364. The van der Waals surface area contributed by atoms with Gasteiger partial charge in [0, 0.05) is 12.0 Å². The molecular weight excluding hydrogens is 432 g/mol. The Morgan fingerprint density at radius 3 is 2.58 bits per heavy atom. The predicted octanol–water partition coefficient (Wildman–Crippen LogP) is 3.05. The molecule has 0 radical (unpaired) electrons. The normalized spacial score (nSPS) is 18.4. The van der Waals surface area contributed by atoms with Gasteiger partial charge >= 0.3 is 0 Å². The number of benzene rings is 2. The summed E-state index contributed by atoms with van der Waals surface area (Å²) in [6.45, 7) is 2.29. The van der Waals surface area contributed by atoms with Crippen molar-refractivity contribution in [3.63, 3.8) is 0 Å². The van der Waals surface area contributed by atoms with E-state index in [-0.39, 0.29) is 11.3 Å². The van der Waals surface area contributed by atoms with Gasteiger partial charge in [0.15, 0.2) is 5.13 Å². The molecule has 1 spiro atoms. The van der Waals surface area contributed by atoms with E-state index in [0.29, 0.717) is 18.2 Å². The minimum absolute atomic E-state index is 0.0698. The van der Waals surface area contributed by atoms with Crippen LogP contribution >= 0.6 is 11.3 Å². The number of likely N-dealkylation sites (tertiary alicyclic amines) is 1. The monoisotopic (exact) mass is 456 g/mol. The standard InChI is InChI=1S/C22H24N4O3S2/c1-31(28,29)26-15-22(16-6-2-4-8-18(16)26)10-12-25(13-11-22)14-20(27)24-21-23-17-7-3-5-9-19(17)30-21/h2-9H,10-15H2,1H3,(H,23,24,27). The summed E-state index contributed by atoms with van der Waals surface area (Å²) in [7, 11) is -3.32. The summed E-state index contributed by atoms with van der Waals surface area (Å²) in [5.41, 5.74) is 2.61. The largest absolute Gasteiger partial charge is 0.301 e. The first-order chi connectivity index (χ1) is 14.8. The number of hydrogen-bond acceptors (Lipinski definition) is 6. The predicted molar refractivity (Wildman–Crippen MR) is 124 cm³/mol. The fourth-order valence-corrected chi connectivity index (χ4v) is 6.62. The minimum atomic E-state index is -3.32. The second-order valence-electron chi connectivity index (χ2n) is 8.38. The maximum atomic E-state index is 12.6. The van der Waals surface area contributed by atoms with Gasteiger partial charge in [0.1, 0.15) is 0 Å². The number of piperidine rings is 1. The number of fused-ring (bicyclic) bond motifs is 3. The Bertz CT molecular complexity index is 1210. The lowest BCUT2D eigenvalue weighted by Crippen LogP contribution is -2.47. The van der Waals surface area contributed by atoms with E-state index in [2.05, 4.69) is 21.3 Å². The first-order valence-corrected chi connectivity index (χ1v) is 13.0. The first kappa shape index (κ1) is 20.4. The molecule has 2 aliphatic heterocycles. The fourth-order valence-electron chi connectivity index (χ4n) is 4.73. The van der Waals surface area contributed by atoms with Crippen molar-refractivity contribution in [3.05, 3.63) is 54.1 Å². The maximum absolute atomic E-state index is 12.6. The zero-order valence-corrected chi connectivity index (χ0v) is 18.9. The molecule has 2 aliphatic rings. The van der Waals surface area contributed by atoms with Crippen LogP contribution < -0.4 is 9.62 Å². The quantitative estimate of drug-likeness (QED) is 0.653. The third kappa shape index (κ3) is 3.81. The molecule has 31 heavy (non-hydrogen) atoms. The van der Waals surface area contributed by atoms with E-state index in [4.69, 9.17) is 0 Å². The van der Waals surface area contributed by atoms with Gasteiger partial charge in [0.2, 0.25) is 15.9 Å². The second kappa shape index (κ2) is 7.58. The lowest BCUT2D eigenvalue weighted by Gasteiger charge is -2.39. The SMILES string of the molecule is CS(=O)(=O)N1CC2(CCN(CC(=O)Nc3nc4ccccc4s3)CC2)c2ccccc21. The highest BCUT2D eigenvalue weighted by Gasteiger charge is 2.46. The minimum Gasteiger partial charge on any atom is -0.301 e. The van der Waals surface area contributed by atoms with Gasteiger partial charge in [-0.2, -0.15) is 0 Å². The number of nitrogens with zero attached hydrogens (tertiary/aromatic N) is 3. The number of nitrogens with one attached hydrogen (secondary N) is 1. The van der Waals surface area contributed by atoms with Crippen LogP contribution in [-0.4, -0.2) is 56.6 Å². The number of carbonyl (C=O) groups excluding carboxylic acids is 1. The molecular formula is C22H24N4O3S2. The highest BCUT2D eigenvalue weighted by molar-refractivity contribution is 7.92. The van der Waals surface area contributed by atoms with Crippen LogP contribution in [-0.2, 0) is 20.2 Å². The van der Waals surface area contributed by atoms with Crippen molar-refractivity contribution >= 4 is 48.3 Å². The van der Waals surface area contributed by atoms with Crippen molar-refractivity contribution in [1.29, 1.82) is 0 Å². The van der Waals surface area contributed by atoms with Gasteiger partial charge in [0.05, 0.1) is 28.7 Å². The summed E-state index contributed by atoms with van der Waals surface area (Å²) in [6, 6.07) is 15.6. The molecule has 0 atom stereocenters. The smallest absolute Gasteiger partial charge is 0.240 e. The molecule has 162 valence electrons. The van der Waals surface area contributed by atoms with E-state index in [1.54, 1.807) is 0 Å². The third-order valence-corrected chi connectivity index (χ3v) is 8.39. The van der Waals surface area contributed by atoms with Crippen molar-refractivity contribution in [2.24, 2.45) is 0 Å². The number of rotatable bonds is 4. The van der Waals surface area contributed by atoms with Crippen LogP contribution in [0.15, 0.2) is 48.5 Å². The lowest BCUT2D eigenvalue weighted by atomic mass is 9.74. The van der Waals surface area contributed by atoms with E-state index < -0.39 is 10.0 Å². The number of hydrogen-bond donors (Lipinski definition) is 1. The van der Waals surface area contributed by atoms with Gasteiger partial charge in [-0.25, -0.2) is 13.4 Å². The van der Waals surface area contributed by atoms with Crippen LogP contribution in [0.3, 0.4) is 0 Å². The molecule has 7 nitrogen and oxygen atoms in total. The molecule has 5 rings (SSSR count). The summed E-state index contributed by atoms with van der Waals surface area (Å²) < 4.78 is 27.2. The van der Waals surface area contributed by atoms with E-state index in [0.717, 1.165) is 47.4 Å². The molecule has 1 amide bonds. The average Bonchev–Trinajstić information content (AvgIpc) is 3.29. The van der Waals surface area contributed by atoms with Crippen molar-refractivity contribution in [2.75, 3.05) is 42.1 Å². The third-order valence-electron chi connectivity index (χ3n) is 6.31. The van der Waals surface area contributed by atoms with Crippen LogP contribution in [0, 0.1) is 0 Å². The molecule has 1 fully saturated rings. The Morgan fingerprint density at radius 1 is 1.13 bits per heavy atom. The molecule has 3 aromatic rings. The molecule has 0 saturated carbocycles. The Hall–Kier alpha value is -2.49. The molecule has 1 saturated heterocycles. The number of carbonyl (C=O) groups is 1. The average molecular weight is 457 g/mol. The summed E-state index contributed by atoms with van der Waals surface area (Å²) in [5, 5.41) is 3.54. The van der Waals surface area contributed by atoms with E-state index in [1.165, 1.54) is 21.9 Å². The lowest BCUT2D eigenvalue weighted by molar-refractivity contribution is -0.117. The molecule has 1 N–H and O–H groups in total. The Balaban J connectivity index is 1.25. The van der Waals surface area contributed by atoms with Gasteiger partial charge in [-0.05, 0) is 49.7 Å². The molecule has 9 heteroatoms. The summed E-state index contributed by atoms with van der Waals surface area (Å²) in [6.07, 6.45) is 2.92. The number of amides is 1. The first-order valence-electron chi connectivity index (χ1n) is 10.3. The van der Waals surface area contributed by atoms with Crippen molar-refractivity contribution in [1.82, 2.24) is 9.88 Å². The summed E-state index contributed by atoms with van der Waals surface area (Å²) >= 11 is 1.47. The van der Waals surface area contributed by atoms with Gasteiger partial charge in [-0.15, -0.1) is 0 Å². The van der Waals surface area contributed by atoms with Crippen LogP contribution in [0.25, 0.3) is 10.2 Å². The molecule has 2 aromatic carbocycles.